The molecule has 0 aliphatic rings. The van der Waals surface area contributed by atoms with Crippen molar-refractivity contribution in [1.82, 2.24) is 9.97 Å². The summed E-state index contributed by atoms with van der Waals surface area (Å²) in [5.74, 6) is 1.15. The molecule has 5 nitrogen and oxygen atoms in total. The average molecular weight is 418 g/mol. The highest BCUT2D eigenvalue weighted by molar-refractivity contribution is 6.31. The number of hydrogen-bond donors (Lipinski definition) is 1. The number of nitrogens with zero attached hydrogens (tertiary/aromatic N) is 2. The van der Waals surface area contributed by atoms with Crippen LogP contribution in [0.5, 0.6) is 11.5 Å². The maximum absolute atomic E-state index is 14.3. The molecule has 3 aromatic rings. The monoisotopic (exact) mass is 417 g/mol. The predicted molar refractivity (Wildman–Crippen MR) is 115 cm³/mol. The number of anilines is 2. The predicted octanol–water partition coefficient (Wildman–Crippen LogP) is 6.52. The lowest BCUT2D eigenvalue weighted by Crippen LogP contribution is -2.16. The molecule has 0 unspecified atom stereocenters. The molecule has 2 aromatic carbocycles. The minimum absolute atomic E-state index is 0.0412. The first-order valence-corrected chi connectivity index (χ1v) is 10.2. The molecule has 154 valence electrons. The van der Waals surface area contributed by atoms with E-state index in [-0.39, 0.29) is 16.8 Å². The second-order valence-corrected chi connectivity index (χ2v) is 7.19. The van der Waals surface area contributed by atoms with Crippen LogP contribution in [0.1, 0.15) is 39.5 Å². The van der Waals surface area contributed by atoms with E-state index in [4.69, 9.17) is 21.1 Å². The lowest BCUT2D eigenvalue weighted by Gasteiger charge is -2.20. The van der Waals surface area contributed by atoms with Gasteiger partial charge in [0.2, 0.25) is 0 Å². The van der Waals surface area contributed by atoms with E-state index in [0.29, 0.717) is 28.2 Å². The van der Waals surface area contributed by atoms with Crippen LogP contribution in [0.4, 0.5) is 15.9 Å². The van der Waals surface area contributed by atoms with Crippen molar-refractivity contribution in [3.8, 4) is 11.5 Å². The van der Waals surface area contributed by atoms with Crippen LogP contribution in [-0.4, -0.2) is 23.2 Å². The Morgan fingerprint density at radius 1 is 1.10 bits per heavy atom. The first-order chi connectivity index (χ1) is 14.1. The molecule has 7 heteroatoms. The fourth-order valence-electron chi connectivity index (χ4n) is 3.23. The van der Waals surface area contributed by atoms with Gasteiger partial charge in [0.1, 0.15) is 12.1 Å². The fourth-order valence-corrected chi connectivity index (χ4v) is 3.40. The molecule has 0 radical (unpaired) electrons. The molecule has 0 aliphatic carbocycles. The van der Waals surface area contributed by atoms with Crippen LogP contribution in [-0.2, 0) is 0 Å². The normalized spacial score (nSPS) is 11.1. The largest absolute Gasteiger partial charge is 0.493 e. The van der Waals surface area contributed by atoms with Gasteiger partial charge in [0, 0.05) is 11.5 Å². The van der Waals surface area contributed by atoms with Crippen LogP contribution in [0.25, 0.3) is 10.9 Å². The summed E-state index contributed by atoms with van der Waals surface area (Å²) in [5, 5.41) is 3.74. The zero-order chi connectivity index (χ0) is 20.8. The molecular weight excluding hydrogens is 393 g/mol. The van der Waals surface area contributed by atoms with E-state index in [2.05, 4.69) is 29.1 Å². The first-order valence-electron chi connectivity index (χ1n) is 9.77. The van der Waals surface area contributed by atoms with Gasteiger partial charge in [-0.1, -0.05) is 44.4 Å². The molecule has 3 rings (SSSR count). The maximum Gasteiger partial charge on any atom is 0.165 e. The van der Waals surface area contributed by atoms with Crippen LogP contribution in [0.3, 0.4) is 0 Å². The molecular formula is C22H25ClFN3O2. The Bertz CT molecular complexity index is 978. The number of nitrogens with one attached hydrogen (secondary N) is 1. The third-order valence-electron chi connectivity index (χ3n) is 4.64. The van der Waals surface area contributed by atoms with Gasteiger partial charge in [-0.25, -0.2) is 14.4 Å². The van der Waals surface area contributed by atoms with Crippen molar-refractivity contribution < 1.29 is 13.9 Å². The summed E-state index contributed by atoms with van der Waals surface area (Å²) in [6, 6.07) is 8.42. The molecule has 0 spiro atoms. The van der Waals surface area contributed by atoms with Crippen molar-refractivity contribution >= 4 is 34.0 Å². The van der Waals surface area contributed by atoms with Crippen LogP contribution in [0.2, 0.25) is 5.02 Å². The maximum atomic E-state index is 14.3. The van der Waals surface area contributed by atoms with Crippen molar-refractivity contribution in [1.29, 1.82) is 0 Å². The molecule has 0 atom stereocenters. The second-order valence-electron chi connectivity index (χ2n) is 6.79. The third-order valence-corrected chi connectivity index (χ3v) is 4.93. The highest BCUT2D eigenvalue weighted by Crippen LogP contribution is 2.36. The summed E-state index contributed by atoms with van der Waals surface area (Å²) in [7, 11) is 1.59. The summed E-state index contributed by atoms with van der Waals surface area (Å²) in [6.45, 7) is 4.29. The van der Waals surface area contributed by atoms with Gasteiger partial charge in [0.15, 0.2) is 17.3 Å². The minimum atomic E-state index is -0.533. The number of ether oxygens (including phenoxy) is 2. The van der Waals surface area contributed by atoms with E-state index < -0.39 is 5.82 Å². The van der Waals surface area contributed by atoms with Crippen molar-refractivity contribution in [2.75, 3.05) is 12.4 Å². The van der Waals surface area contributed by atoms with Crippen LogP contribution >= 0.6 is 11.6 Å². The Morgan fingerprint density at radius 3 is 2.55 bits per heavy atom. The number of fused-ring (bicyclic) bond motifs is 1. The van der Waals surface area contributed by atoms with Gasteiger partial charge < -0.3 is 14.8 Å². The topological polar surface area (TPSA) is 56.3 Å². The Labute approximate surface area is 175 Å². The molecule has 0 amide bonds. The summed E-state index contributed by atoms with van der Waals surface area (Å²) < 4.78 is 26.1. The number of hydrogen-bond acceptors (Lipinski definition) is 5. The van der Waals surface area contributed by atoms with Gasteiger partial charge in [-0.05, 0) is 31.0 Å². The van der Waals surface area contributed by atoms with Gasteiger partial charge in [-0.2, -0.15) is 0 Å². The quantitative estimate of drug-likeness (QED) is 0.429. The Morgan fingerprint density at radius 2 is 1.86 bits per heavy atom. The number of halogens is 2. The summed E-state index contributed by atoms with van der Waals surface area (Å²) in [4.78, 5) is 8.62. The van der Waals surface area contributed by atoms with Gasteiger partial charge in [0.25, 0.3) is 0 Å². The molecule has 0 aliphatic heterocycles. The van der Waals surface area contributed by atoms with Gasteiger partial charge in [0.05, 0.1) is 29.4 Å². The molecule has 0 saturated carbocycles. The standard InChI is InChI=1S/C22H25ClFN3O2/c1-4-7-14(8-5-2)29-20-12-18-15(11-19(20)28-3)22(26-13-25-18)27-17-10-6-9-16(23)21(17)24/h6,9-14H,4-5,7-8H2,1-3H3,(H,25,26,27). The number of benzene rings is 2. The second kappa shape index (κ2) is 9.74. The van der Waals surface area contributed by atoms with Crippen molar-refractivity contribution in [2.24, 2.45) is 0 Å². The lowest BCUT2D eigenvalue weighted by molar-refractivity contribution is 0.172. The Balaban J connectivity index is 1.99. The van der Waals surface area contributed by atoms with Crippen LogP contribution in [0, 0.1) is 5.82 Å². The Kier molecular flexibility index (Phi) is 7.09. The molecule has 0 fully saturated rings. The van der Waals surface area contributed by atoms with E-state index >= 15 is 0 Å². The molecule has 1 N–H and O–H groups in total. The number of methoxy groups -OCH3 is 1. The van der Waals surface area contributed by atoms with Crippen molar-refractivity contribution in [3.05, 3.63) is 47.5 Å². The lowest BCUT2D eigenvalue weighted by atomic mass is 10.1. The van der Waals surface area contributed by atoms with Gasteiger partial charge >= 0.3 is 0 Å². The van der Waals surface area contributed by atoms with E-state index in [0.717, 1.165) is 25.7 Å². The highest BCUT2D eigenvalue weighted by atomic mass is 35.5. The highest BCUT2D eigenvalue weighted by Gasteiger charge is 2.16. The van der Waals surface area contributed by atoms with Gasteiger partial charge in [-0.3, -0.25) is 0 Å². The van der Waals surface area contributed by atoms with E-state index in [9.17, 15) is 4.39 Å². The van der Waals surface area contributed by atoms with Crippen LogP contribution in [0.15, 0.2) is 36.7 Å². The number of aromatic nitrogens is 2. The number of rotatable bonds is 9. The van der Waals surface area contributed by atoms with Gasteiger partial charge in [-0.15, -0.1) is 0 Å². The van der Waals surface area contributed by atoms with E-state index in [1.54, 1.807) is 19.2 Å². The van der Waals surface area contributed by atoms with Crippen LogP contribution < -0.4 is 14.8 Å². The summed E-state index contributed by atoms with van der Waals surface area (Å²) >= 11 is 5.88. The zero-order valence-electron chi connectivity index (χ0n) is 16.8. The molecule has 1 heterocycles. The fraction of sp³-hybridized carbons (Fsp3) is 0.364. The Hall–Kier alpha value is -2.60. The summed E-state index contributed by atoms with van der Waals surface area (Å²) in [5.41, 5.74) is 0.912. The molecule has 1 aromatic heterocycles. The summed E-state index contributed by atoms with van der Waals surface area (Å²) in [6.07, 6.45) is 5.58. The van der Waals surface area contributed by atoms with E-state index in [1.165, 1.54) is 12.4 Å². The first kappa shape index (κ1) is 21.1. The molecule has 0 bridgehead atoms. The molecule has 29 heavy (non-hydrogen) atoms. The van der Waals surface area contributed by atoms with Crippen molar-refractivity contribution in [2.45, 2.75) is 45.6 Å². The third kappa shape index (κ3) is 4.88. The minimum Gasteiger partial charge on any atom is -0.493 e. The smallest absolute Gasteiger partial charge is 0.165 e. The SMILES string of the molecule is CCCC(CCC)Oc1cc2ncnc(Nc3cccc(Cl)c3F)c2cc1OC. The van der Waals surface area contributed by atoms with E-state index in [1.807, 2.05) is 12.1 Å². The average Bonchev–Trinajstić information content (AvgIpc) is 2.71. The zero-order valence-corrected chi connectivity index (χ0v) is 17.6. The molecule has 0 saturated heterocycles. The van der Waals surface area contributed by atoms with Crippen molar-refractivity contribution in [3.63, 3.8) is 0 Å².